The Morgan fingerprint density at radius 1 is 1.75 bits per heavy atom. The number of pyridine rings is 1. The summed E-state index contributed by atoms with van der Waals surface area (Å²) in [7, 11) is 0. The molecule has 1 rings (SSSR count). The molecule has 0 aliphatic heterocycles. The molecule has 1 aromatic rings. The van der Waals surface area contributed by atoms with Gasteiger partial charge in [0.1, 0.15) is 6.20 Å². The van der Waals surface area contributed by atoms with Crippen molar-refractivity contribution in [2.24, 2.45) is 0 Å². The normalized spacial score (nSPS) is 10.4. The Labute approximate surface area is 74.3 Å². The number of halogens is 1. The van der Waals surface area contributed by atoms with Gasteiger partial charge < -0.3 is 5.11 Å². The third-order valence-corrected chi connectivity index (χ3v) is 1.29. The summed E-state index contributed by atoms with van der Waals surface area (Å²) >= 11 is 5.56. The highest BCUT2D eigenvalue weighted by atomic mass is 35.5. The van der Waals surface area contributed by atoms with E-state index in [9.17, 15) is 4.79 Å². The second-order valence-electron chi connectivity index (χ2n) is 2.03. The van der Waals surface area contributed by atoms with Crippen LogP contribution in [0.25, 0.3) is 6.08 Å². The molecular weight excluding hydrogens is 178 g/mol. The van der Waals surface area contributed by atoms with Crippen LogP contribution in [0.4, 0.5) is 0 Å². The van der Waals surface area contributed by atoms with Crippen molar-refractivity contribution in [3.63, 3.8) is 0 Å². The van der Waals surface area contributed by atoms with Crippen molar-refractivity contribution < 1.29 is 9.90 Å². The van der Waals surface area contributed by atoms with Crippen LogP contribution in [0, 0.1) is 6.20 Å². The predicted molar refractivity (Wildman–Crippen MR) is 44.8 cm³/mol. The standard InChI is InChI=1S/C8H5ClNO2/c9-7-3-6(4-10-5-7)1-2-8(11)12/h1-4H,(H,11,12)/b2-1+. The van der Waals surface area contributed by atoms with E-state index in [1.807, 2.05) is 0 Å². The lowest BCUT2D eigenvalue weighted by atomic mass is 10.2. The quantitative estimate of drug-likeness (QED) is 0.708. The third-order valence-electron chi connectivity index (χ3n) is 1.10. The maximum Gasteiger partial charge on any atom is 0.328 e. The highest BCUT2D eigenvalue weighted by molar-refractivity contribution is 6.30. The molecule has 3 nitrogen and oxygen atoms in total. The van der Waals surface area contributed by atoms with Gasteiger partial charge in [-0.25, -0.2) is 4.79 Å². The van der Waals surface area contributed by atoms with Gasteiger partial charge in [-0.15, -0.1) is 0 Å². The second-order valence-corrected chi connectivity index (χ2v) is 2.44. The highest BCUT2D eigenvalue weighted by Crippen LogP contribution is 2.08. The lowest BCUT2D eigenvalue weighted by Crippen LogP contribution is -1.85. The summed E-state index contributed by atoms with van der Waals surface area (Å²) < 4.78 is 0. The number of aromatic nitrogens is 1. The number of nitrogens with zero attached hydrogens (tertiary/aromatic N) is 1. The van der Waals surface area contributed by atoms with Crippen molar-refractivity contribution >= 4 is 23.6 Å². The van der Waals surface area contributed by atoms with Crippen LogP contribution in [0.1, 0.15) is 5.56 Å². The van der Waals surface area contributed by atoms with Gasteiger partial charge in [0.05, 0.1) is 5.02 Å². The minimum absolute atomic E-state index is 0.363. The van der Waals surface area contributed by atoms with Gasteiger partial charge in [0.15, 0.2) is 0 Å². The number of carboxylic acids is 1. The highest BCUT2D eigenvalue weighted by Gasteiger charge is 1.91. The molecule has 0 amide bonds. The van der Waals surface area contributed by atoms with Crippen LogP contribution in [0.3, 0.4) is 0 Å². The molecule has 1 radical (unpaired) electrons. The summed E-state index contributed by atoms with van der Waals surface area (Å²) in [6, 6.07) is 1.58. The van der Waals surface area contributed by atoms with E-state index in [-0.39, 0.29) is 0 Å². The topological polar surface area (TPSA) is 50.2 Å². The molecule has 1 heterocycles. The van der Waals surface area contributed by atoms with Crippen molar-refractivity contribution in [3.8, 4) is 0 Å². The van der Waals surface area contributed by atoms with E-state index in [0.717, 1.165) is 6.08 Å². The molecule has 4 heteroatoms. The summed E-state index contributed by atoms with van der Waals surface area (Å²) in [6.07, 6.45) is 6.40. The van der Waals surface area contributed by atoms with Crippen molar-refractivity contribution in [2.45, 2.75) is 0 Å². The van der Waals surface area contributed by atoms with Gasteiger partial charge in [0.2, 0.25) is 0 Å². The first kappa shape index (κ1) is 8.74. The average molecular weight is 183 g/mol. The molecule has 1 N–H and O–H groups in total. The minimum atomic E-state index is -1.00. The third kappa shape index (κ3) is 2.72. The van der Waals surface area contributed by atoms with E-state index in [4.69, 9.17) is 16.7 Å². The summed E-state index contributed by atoms with van der Waals surface area (Å²) in [5, 5.41) is 8.66. The van der Waals surface area contributed by atoms with E-state index in [1.54, 1.807) is 6.07 Å². The second kappa shape index (κ2) is 3.88. The Bertz CT molecular complexity index is 323. The Balaban J connectivity index is 2.83. The fourth-order valence-electron chi connectivity index (χ4n) is 0.643. The molecule has 0 bridgehead atoms. The lowest BCUT2D eigenvalue weighted by Gasteiger charge is -1.90. The molecule has 0 aromatic carbocycles. The van der Waals surface area contributed by atoms with Crippen molar-refractivity contribution in [1.82, 2.24) is 4.98 Å². The zero-order valence-electron chi connectivity index (χ0n) is 5.99. The number of hydrogen-bond donors (Lipinski definition) is 1. The molecule has 0 saturated carbocycles. The van der Waals surface area contributed by atoms with Crippen molar-refractivity contribution in [1.29, 1.82) is 0 Å². The van der Waals surface area contributed by atoms with Gasteiger partial charge >= 0.3 is 5.97 Å². The number of carboxylic acid groups (broad SMARTS) is 1. The lowest BCUT2D eigenvalue weighted by molar-refractivity contribution is -0.131. The van der Waals surface area contributed by atoms with E-state index in [1.165, 1.54) is 12.3 Å². The fraction of sp³-hybridized carbons (Fsp3) is 0. The molecule has 1 aromatic heterocycles. The minimum Gasteiger partial charge on any atom is -0.478 e. The number of aliphatic carboxylic acids is 1. The molecule has 0 spiro atoms. The number of rotatable bonds is 2. The molecule has 61 valence electrons. The van der Waals surface area contributed by atoms with E-state index in [2.05, 4.69) is 11.2 Å². The maximum atomic E-state index is 10.1. The molecular formula is C8H5ClNO2. The molecule has 0 saturated heterocycles. The van der Waals surface area contributed by atoms with Crippen molar-refractivity contribution in [3.05, 3.63) is 35.1 Å². The van der Waals surface area contributed by atoms with Gasteiger partial charge in [0, 0.05) is 12.3 Å². The molecule has 0 fully saturated rings. The Morgan fingerprint density at radius 3 is 3.08 bits per heavy atom. The zero-order chi connectivity index (χ0) is 8.97. The Kier molecular flexibility index (Phi) is 2.82. The Hall–Kier alpha value is -1.35. The smallest absolute Gasteiger partial charge is 0.328 e. The van der Waals surface area contributed by atoms with Crippen LogP contribution in [0.2, 0.25) is 5.02 Å². The molecule has 0 aliphatic carbocycles. The number of carbonyl (C=O) groups is 1. The monoisotopic (exact) mass is 182 g/mol. The maximum absolute atomic E-state index is 10.1. The van der Waals surface area contributed by atoms with Crippen LogP contribution in [0.15, 0.2) is 18.3 Å². The van der Waals surface area contributed by atoms with Crippen LogP contribution in [-0.2, 0) is 4.79 Å². The molecule has 0 aliphatic rings. The van der Waals surface area contributed by atoms with Gasteiger partial charge in [-0.1, -0.05) is 11.6 Å². The van der Waals surface area contributed by atoms with Gasteiger partial charge in [-0.05, 0) is 17.7 Å². The largest absolute Gasteiger partial charge is 0.478 e. The van der Waals surface area contributed by atoms with Gasteiger partial charge in [0.25, 0.3) is 0 Å². The first-order chi connectivity index (χ1) is 5.68. The van der Waals surface area contributed by atoms with Gasteiger partial charge in [-0.3, -0.25) is 4.98 Å². The number of hydrogen-bond acceptors (Lipinski definition) is 2. The summed E-state index contributed by atoms with van der Waals surface area (Å²) in [5.41, 5.74) is 0.640. The fourth-order valence-corrected chi connectivity index (χ4v) is 0.818. The zero-order valence-corrected chi connectivity index (χ0v) is 6.75. The SMILES string of the molecule is O=C(O)/C=C/c1cn[c]c(Cl)c1. The van der Waals surface area contributed by atoms with Crippen molar-refractivity contribution in [2.75, 3.05) is 0 Å². The van der Waals surface area contributed by atoms with E-state index in [0.29, 0.717) is 10.6 Å². The first-order valence-electron chi connectivity index (χ1n) is 3.13. The van der Waals surface area contributed by atoms with E-state index < -0.39 is 5.97 Å². The summed E-state index contributed by atoms with van der Waals surface area (Å²) in [4.78, 5) is 13.8. The molecule has 0 unspecified atom stereocenters. The average Bonchev–Trinajstić information content (AvgIpc) is 2.01. The Morgan fingerprint density at radius 2 is 2.50 bits per heavy atom. The predicted octanol–water partition coefficient (Wildman–Crippen LogP) is 1.63. The molecule has 0 atom stereocenters. The van der Waals surface area contributed by atoms with Crippen LogP contribution in [-0.4, -0.2) is 16.1 Å². The van der Waals surface area contributed by atoms with Crippen LogP contribution in [0.5, 0.6) is 0 Å². The van der Waals surface area contributed by atoms with Crippen LogP contribution >= 0.6 is 11.6 Å². The molecule has 12 heavy (non-hydrogen) atoms. The van der Waals surface area contributed by atoms with Crippen LogP contribution < -0.4 is 0 Å². The van der Waals surface area contributed by atoms with Gasteiger partial charge in [-0.2, -0.15) is 0 Å². The first-order valence-corrected chi connectivity index (χ1v) is 3.50. The summed E-state index contributed by atoms with van der Waals surface area (Å²) in [5.74, 6) is -1.00. The van der Waals surface area contributed by atoms with E-state index >= 15 is 0 Å². The summed E-state index contributed by atoms with van der Waals surface area (Å²) in [6.45, 7) is 0.